The Labute approximate surface area is 131 Å². The van der Waals surface area contributed by atoms with E-state index in [2.05, 4.69) is 5.32 Å². The van der Waals surface area contributed by atoms with Crippen LogP contribution in [0.4, 0.5) is 0 Å². The second-order valence-corrected chi connectivity index (χ2v) is 5.67. The second kappa shape index (κ2) is 11.8. The van der Waals surface area contributed by atoms with Crippen molar-refractivity contribution in [1.82, 2.24) is 5.32 Å². The van der Waals surface area contributed by atoms with E-state index < -0.39 is 5.60 Å². The van der Waals surface area contributed by atoms with Gasteiger partial charge >= 0.3 is 5.97 Å². The van der Waals surface area contributed by atoms with Gasteiger partial charge in [0.15, 0.2) is 0 Å². The van der Waals surface area contributed by atoms with Gasteiger partial charge in [-0.2, -0.15) is 0 Å². The monoisotopic (exact) mass is 323 g/mol. The van der Waals surface area contributed by atoms with Gasteiger partial charge in [-0.1, -0.05) is 0 Å². The summed E-state index contributed by atoms with van der Waals surface area (Å²) in [7, 11) is 0. The molecule has 0 aliphatic carbocycles. The molecule has 1 amide bonds. The molecule has 0 bridgehead atoms. The zero-order valence-electron chi connectivity index (χ0n) is 13.1. The Morgan fingerprint density at radius 3 is 2.24 bits per heavy atom. The summed E-state index contributed by atoms with van der Waals surface area (Å²) in [5.74, 6) is -0.461. The summed E-state index contributed by atoms with van der Waals surface area (Å²) in [5.41, 5.74) is -0.440. The standard InChI is InChI=1S/C14H26ClNO5/c1-14(2,3)21-13(18)5-4-7-19-9-10-20-8-6-16-12(17)11-15/h4-11H2,1-3H3,(H,16,17). The van der Waals surface area contributed by atoms with Gasteiger partial charge in [-0.25, -0.2) is 0 Å². The van der Waals surface area contributed by atoms with Gasteiger partial charge < -0.3 is 19.5 Å². The quantitative estimate of drug-likeness (QED) is 0.354. The van der Waals surface area contributed by atoms with Crippen LogP contribution in [0.1, 0.15) is 33.6 Å². The van der Waals surface area contributed by atoms with Gasteiger partial charge in [0, 0.05) is 19.6 Å². The first-order valence-corrected chi connectivity index (χ1v) is 7.58. The Kier molecular flexibility index (Phi) is 11.3. The maximum Gasteiger partial charge on any atom is 0.306 e. The minimum absolute atomic E-state index is 0.0409. The third kappa shape index (κ3) is 15.4. The molecule has 0 radical (unpaired) electrons. The van der Waals surface area contributed by atoms with Crippen molar-refractivity contribution in [3.05, 3.63) is 0 Å². The molecule has 6 nitrogen and oxygen atoms in total. The van der Waals surface area contributed by atoms with E-state index in [-0.39, 0.29) is 17.8 Å². The molecule has 0 aromatic carbocycles. The molecule has 0 aromatic rings. The SMILES string of the molecule is CC(C)(C)OC(=O)CCCOCCOCCNC(=O)CCl. The number of carbonyl (C=O) groups excluding carboxylic acids is 2. The zero-order chi connectivity index (χ0) is 16.1. The number of carbonyl (C=O) groups is 2. The van der Waals surface area contributed by atoms with E-state index in [1.807, 2.05) is 20.8 Å². The van der Waals surface area contributed by atoms with E-state index >= 15 is 0 Å². The van der Waals surface area contributed by atoms with Gasteiger partial charge in [-0.05, 0) is 27.2 Å². The van der Waals surface area contributed by atoms with Crippen molar-refractivity contribution in [3.8, 4) is 0 Å². The van der Waals surface area contributed by atoms with E-state index in [4.69, 9.17) is 25.8 Å². The lowest BCUT2D eigenvalue weighted by Gasteiger charge is -2.19. The van der Waals surface area contributed by atoms with E-state index in [1.54, 1.807) is 0 Å². The van der Waals surface area contributed by atoms with E-state index in [0.717, 1.165) is 0 Å². The summed E-state index contributed by atoms with van der Waals surface area (Å²) in [6, 6.07) is 0. The average Bonchev–Trinajstić information content (AvgIpc) is 2.38. The summed E-state index contributed by atoms with van der Waals surface area (Å²) in [4.78, 5) is 22.2. The maximum atomic E-state index is 11.4. The fraction of sp³-hybridized carbons (Fsp3) is 0.857. The highest BCUT2D eigenvalue weighted by molar-refractivity contribution is 6.27. The topological polar surface area (TPSA) is 73.9 Å². The van der Waals surface area contributed by atoms with Crippen LogP contribution in [0.25, 0.3) is 0 Å². The lowest BCUT2D eigenvalue weighted by molar-refractivity contribution is -0.155. The average molecular weight is 324 g/mol. The summed E-state index contributed by atoms with van der Waals surface area (Å²) >= 11 is 5.31. The predicted molar refractivity (Wildman–Crippen MR) is 80.4 cm³/mol. The first-order chi connectivity index (χ1) is 9.85. The number of alkyl halides is 1. The zero-order valence-corrected chi connectivity index (χ0v) is 13.8. The summed E-state index contributed by atoms with van der Waals surface area (Å²) in [6.07, 6.45) is 0.975. The normalized spacial score (nSPS) is 11.2. The fourth-order valence-corrected chi connectivity index (χ4v) is 1.44. The molecule has 0 unspecified atom stereocenters. The Morgan fingerprint density at radius 2 is 1.67 bits per heavy atom. The molecule has 0 saturated heterocycles. The van der Waals surface area contributed by atoms with Gasteiger partial charge in [0.25, 0.3) is 0 Å². The first kappa shape index (κ1) is 20.1. The summed E-state index contributed by atoms with van der Waals surface area (Å²) < 4.78 is 15.7. The van der Waals surface area contributed by atoms with Crippen LogP contribution in [0.15, 0.2) is 0 Å². The van der Waals surface area contributed by atoms with E-state index in [1.165, 1.54) is 0 Å². The molecule has 0 atom stereocenters. The molecule has 7 heteroatoms. The van der Waals surface area contributed by atoms with Gasteiger partial charge in [0.2, 0.25) is 5.91 Å². The number of esters is 1. The number of ether oxygens (including phenoxy) is 3. The highest BCUT2D eigenvalue weighted by Gasteiger charge is 2.15. The van der Waals surface area contributed by atoms with Crippen LogP contribution in [0, 0.1) is 0 Å². The highest BCUT2D eigenvalue weighted by atomic mass is 35.5. The lowest BCUT2D eigenvalue weighted by Crippen LogP contribution is -2.28. The molecule has 0 aliphatic rings. The van der Waals surface area contributed by atoms with Crippen LogP contribution in [-0.2, 0) is 23.8 Å². The number of rotatable bonds is 11. The minimum atomic E-state index is -0.440. The summed E-state index contributed by atoms with van der Waals surface area (Å²) in [6.45, 7) is 7.78. The summed E-state index contributed by atoms with van der Waals surface area (Å²) in [5, 5.41) is 2.59. The van der Waals surface area contributed by atoms with E-state index in [9.17, 15) is 9.59 Å². The van der Waals surface area contributed by atoms with Crippen LogP contribution in [0.5, 0.6) is 0 Å². The van der Waals surface area contributed by atoms with Crippen molar-refractivity contribution < 1.29 is 23.8 Å². The molecule has 21 heavy (non-hydrogen) atoms. The molecule has 0 aromatic heterocycles. The van der Waals surface area contributed by atoms with Crippen molar-refractivity contribution >= 4 is 23.5 Å². The number of amides is 1. The predicted octanol–water partition coefficient (Wildman–Crippen LogP) is 1.50. The molecule has 0 fully saturated rings. The van der Waals surface area contributed by atoms with Gasteiger partial charge in [0.05, 0.1) is 19.8 Å². The van der Waals surface area contributed by atoms with Crippen LogP contribution < -0.4 is 5.32 Å². The number of halogens is 1. The highest BCUT2D eigenvalue weighted by Crippen LogP contribution is 2.08. The second-order valence-electron chi connectivity index (χ2n) is 5.40. The molecule has 0 rings (SSSR count). The van der Waals surface area contributed by atoms with Gasteiger partial charge in [0.1, 0.15) is 11.5 Å². The largest absolute Gasteiger partial charge is 0.460 e. The first-order valence-electron chi connectivity index (χ1n) is 7.05. The molecule has 0 spiro atoms. The molecule has 124 valence electrons. The molecule has 0 aliphatic heterocycles. The Bertz CT molecular complexity index is 304. The van der Waals surface area contributed by atoms with Crippen molar-refractivity contribution in [1.29, 1.82) is 0 Å². The maximum absolute atomic E-state index is 11.4. The lowest BCUT2D eigenvalue weighted by atomic mass is 10.2. The van der Waals surface area contributed by atoms with Crippen LogP contribution in [-0.4, -0.2) is 56.3 Å². The third-order valence-corrected chi connectivity index (χ3v) is 2.39. The Hall–Kier alpha value is -0.850. The Balaban J connectivity index is 3.26. The van der Waals surface area contributed by atoms with Crippen LogP contribution >= 0.6 is 11.6 Å². The van der Waals surface area contributed by atoms with Crippen molar-refractivity contribution in [2.24, 2.45) is 0 Å². The smallest absolute Gasteiger partial charge is 0.306 e. The molecule has 0 saturated carbocycles. The van der Waals surface area contributed by atoms with Gasteiger partial charge in [-0.15, -0.1) is 11.6 Å². The molecular formula is C14H26ClNO5. The molecular weight excluding hydrogens is 298 g/mol. The Morgan fingerprint density at radius 1 is 1.05 bits per heavy atom. The number of nitrogens with one attached hydrogen (secondary N) is 1. The third-order valence-electron chi connectivity index (χ3n) is 2.15. The minimum Gasteiger partial charge on any atom is -0.460 e. The molecule has 1 N–H and O–H groups in total. The van der Waals surface area contributed by atoms with Crippen molar-refractivity contribution in [2.45, 2.75) is 39.2 Å². The van der Waals surface area contributed by atoms with E-state index in [0.29, 0.717) is 45.8 Å². The van der Waals surface area contributed by atoms with Crippen LogP contribution in [0.2, 0.25) is 0 Å². The van der Waals surface area contributed by atoms with Crippen molar-refractivity contribution in [3.63, 3.8) is 0 Å². The number of hydrogen-bond acceptors (Lipinski definition) is 5. The number of hydrogen-bond donors (Lipinski definition) is 1. The molecule has 0 heterocycles. The van der Waals surface area contributed by atoms with Gasteiger partial charge in [-0.3, -0.25) is 9.59 Å². The van der Waals surface area contributed by atoms with Crippen molar-refractivity contribution in [2.75, 3.05) is 38.9 Å². The fourth-order valence-electron chi connectivity index (χ4n) is 1.34. The van der Waals surface area contributed by atoms with Crippen LogP contribution in [0.3, 0.4) is 0 Å².